The van der Waals surface area contributed by atoms with Gasteiger partial charge in [-0.05, 0) is 12.8 Å². The normalized spacial score (nSPS) is 12.7. The summed E-state index contributed by atoms with van der Waals surface area (Å²) in [5.74, 6) is -0.211. The first-order chi connectivity index (χ1) is 8.06. The molecule has 0 bridgehead atoms. The first-order valence-electron chi connectivity index (χ1n) is 5.99. The number of nitrogens with one attached hydrogen (secondary N) is 1. The molecule has 4 nitrogen and oxygen atoms in total. The summed E-state index contributed by atoms with van der Waals surface area (Å²) in [6.45, 7) is 6.52. The molecule has 1 aromatic heterocycles. The fraction of sp³-hybridized carbons (Fsp3) is 0.667. The van der Waals surface area contributed by atoms with Crippen LogP contribution in [0.2, 0.25) is 0 Å². The number of aromatic nitrogens is 1. The Morgan fingerprint density at radius 2 is 2.18 bits per heavy atom. The topological polar surface area (TPSA) is 62.2 Å². The number of hydrogen-bond donors (Lipinski definition) is 2. The van der Waals surface area contributed by atoms with Gasteiger partial charge < -0.3 is 10.4 Å². The minimum Gasteiger partial charge on any atom is -0.481 e. The van der Waals surface area contributed by atoms with Crippen LogP contribution in [0.25, 0.3) is 0 Å². The van der Waals surface area contributed by atoms with Crippen molar-refractivity contribution in [1.29, 1.82) is 0 Å². The van der Waals surface area contributed by atoms with Gasteiger partial charge in [0.2, 0.25) is 0 Å². The van der Waals surface area contributed by atoms with E-state index in [1.54, 1.807) is 5.38 Å². The second kappa shape index (κ2) is 6.59. The largest absolute Gasteiger partial charge is 0.481 e. The molecule has 0 aliphatic carbocycles. The van der Waals surface area contributed by atoms with Gasteiger partial charge in [0.25, 0.3) is 0 Å². The Bertz CT molecular complexity index is 361. The van der Waals surface area contributed by atoms with Crippen LogP contribution in [0.5, 0.6) is 0 Å². The van der Waals surface area contributed by atoms with Gasteiger partial charge in [-0.3, -0.25) is 4.79 Å². The predicted octanol–water partition coefficient (Wildman–Crippen LogP) is 3.01. The highest BCUT2D eigenvalue weighted by Gasteiger charge is 2.15. The van der Waals surface area contributed by atoms with Crippen molar-refractivity contribution in [3.8, 4) is 0 Å². The van der Waals surface area contributed by atoms with Crippen molar-refractivity contribution in [3.05, 3.63) is 11.1 Å². The molecule has 1 atom stereocenters. The van der Waals surface area contributed by atoms with Crippen molar-refractivity contribution in [2.75, 3.05) is 5.32 Å². The molecule has 0 amide bonds. The molecule has 0 aromatic carbocycles. The lowest BCUT2D eigenvalue weighted by molar-refractivity contribution is -0.136. The Labute approximate surface area is 106 Å². The van der Waals surface area contributed by atoms with Crippen LogP contribution in [0.15, 0.2) is 5.38 Å². The summed E-state index contributed by atoms with van der Waals surface area (Å²) < 4.78 is 0. The van der Waals surface area contributed by atoms with E-state index in [1.807, 2.05) is 0 Å². The average molecular weight is 256 g/mol. The maximum absolute atomic E-state index is 10.5. The smallest absolute Gasteiger partial charge is 0.309 e. The molecule has 1 aromatic rings. The molecule has 0 saturated heterocycles. The highest BCUT2D eigenvalue weighted by Crippen LogP contribution is 2.21. The van der Waals surface area contributed by atoms with Crippen molar-refractivity contribution in [2.45, 2.75) is 46.1 Å². The Hall–Kier alpha value is -1.10. The number of nitrogens with zero attached hydrogens (tertiary/aromatic N) is 1. The van der Waals surface area contributed by atoms with Crippen LogP contribution in [0, 0.1) is 5.92 Å². The van der Waals surface area contributed by atoms with Gasteiger partial charge in [0.1, 0.15) is 0 Å². The third kappa shape index (κ3) is 4.34. The first kappa shape index (κ1) is 14.0. The summed E-state index contributed by atoms with van der Waals surface area (Å²) in [4.78, 5) is 14.8. The number of hydrogen-bond acceptors (Lipinski definition) is 4. The lowest BCUT2D eigenvalue weighted by Crippen LogP contribution is -2.24. The number of carboxylic acids is 1. The van der Waals surface area contributed by atoms with E-state index in [-0.39, 0.29) is 6.42 Å². The monoisotopic (exact) mass is 256 g/mol. The molecule has 0 spiro atoms. The van der Waals surface area contributed by atoms with E-state index in [0.717, 1.165) is 18.0 Å². The predicted molar refractivity (Wildman–Crippen MR) is 70.6 cm³/mol. The van der Waals surface area contributed by atoms with E-state index in [9.17, 15) is 4.79 Å². The van der Waals surface area contributed by atoms with Gasteiger partial charge in [0, 0.05) is 11.4 Å². The van der Waals surface area contributed by atoms with Crippen molar-refractivity contribution < 1.29 is 9.90 Å². The van der Waals surface area contributed by atoms with Gasteiger partial charge in [-0.2, -0.15) is 0 Å². The summed E-state index contributed by atoms with van der Waals surface area (Å²) in [5, 5.41) is 14.6. The fourth-order valence-electron chi connectivity index (χ4n) is 1.92. The van der Waals surface area contributed by atoms with E-state index >= 15 is 0 Å². The minimum absolute atomic E-state index is 0.00244. The molecule has 1 heterocycles. The molecular formula is C12H20N2O2S. The van der Waals surface area contributed by atoms with E-state index in [0.29, 0.717) is 17.7 Å². The van der Waals surface area contributed by atoms with Crippen molar-refractivity contribution in [1.82, 2.24) is 4.98 Å². The van der Waals surface area contributed by atoms with Gasteiger partial charge in [-0.15, -0.1) is 11.3 Å². The molecule has 0 aliphatic rings. The summed E-state index contributed by atoms with van der Waals surface area (Å²) in [6, 6.07) is 0.369. The van der Waals surface area contributed by atoms with Crippen LogP contribution < -0.4 is 5.32 Å². The summed E-state index contributed by atoms with van der Waals surface area (Å²) in [7, 11) is 0. The minimum atomic E-state index is -0.838. The van der Waals surface area contributed by atoms with Gasteiger partial charge in [-0.25, -0.2) is 4.98 Å². The van der Waals surface area contributed by atoms with Crippen LogP contribution in [0.4, 0.5) is 5.13 Å². The van der Waals surface area contributed by atoms with Crippen LogP contribution in [-0.2, 0) is 11.2 Å². The Balaban J connectivity index is 2.56. The molecule has 0 fully saturated rings. The third-order valence-corrected chi connectivity index (χ3v) is 3.81. The number of aliphatic carboxylic acids is 1. The van der Waals surface area contributed by atoms with Gasteiger partial charge >= 0.3 is 5.97 Å². The molecule has 1 unspecified atom stereocenters. The quantitative estimate of drug-likeness (QED) is 0.787. The zero-order chi connectivity index (χ0) is 12.8. The maximum atomic E-state index is 10.5. The zero-order valence-corrected chi connectivity index (χ0v) is 11.4. The fourth-order valence-corrected chi connectivity index (χ4v) is 2.73. The van der Waals surface area contributed by atoms with Crippen LogP contribution in [0.1, 0.15) is 39.3 Å². The second-order valence-corrected chi connectivity index (χ2v) is 5.08. The van der Waals surface area contributed by atoms with Gasteiger partial charge in [0.05, 0.1) is 12.1 Å². The number of thiazole rings is 1. The lowest BCUT2D eigenvalue weighted by atomic mass is 9.96. The van der Waals surface area contributed by atoms with Crippen molar-refractivity contribution >= 4 is 22.4 Å². The molecule has 0 aliphatic heterocycles. The van der Waals surface area contributed by atoms with Crippen molar-refractivity contribution in [3.63, 3.8) is 0 Å². The second-order valence-electron chi connectivity index (χ2n) is 4.22. The third-order valence-electron chi connectivity index (χ3n) is 2.99. The van der Waals surface area contributed by atoms with Gasteiger partial charge in [-0.1, -0.05) is 26.7 Å². The lowest BCUT2D eigenvalue weighted by Gasteiger charge is -2.21. The zero-order valence-electron chi connectivity index (χ0n) is 10.6. The van der Waals surface area contributed by atoms with E-state index < -0.39 is 5.97 Å². The van der Waals surface area contributed by atoms with Gasteiger partial charge in [0.15, 0.2) is 5.13 Å². The number of rotatable bonds is 7. The standard InChI is InChI=1S/C12H20N2O2S/c1-4-9(5-2)8(3)13-12-14-10(7-17-12)6-11(15)16/h7-9H,4-6H2,1-3H3,(H,13,14)(H,15,16). The maximum Gasteiger partial charge on any atom is 0.309 e. The summed E-state index contributed by atoms with van der Waals surface area (Å²) in [5.41, 5.74) is 0.627. The molecule has 0 saturated carbocycles. The summed E-state index contributed by atoms with van der Waals surface area (Å²) in [6.07, 6.45) is 2.27. The average Bonchev–Trinajstić information content (AvgIpc) is 2.66. The molecule has 5 heteroatoms. The molecule has 0 radical (unpaired) electrons. The molecule has 2 N–H and O–H groups in total. The van der Waals surface area contributed by atoms with E-state index in [1.165, 1.54) is 11.3 Å². The molecule has 96 valence electrons. The number of carbonyl (C=O) groups is 1. The summed E-state index contributed by atoms with van der Waals surface area (Å²) >= 11 is 1.47. The highest BCUT2D eigenvalue weighted by molar-refractivity contribution is 7.13. The first-order valence-corrected chi connectivity index (χ1v) is 6.87. The van der Waals surface area contributed by atoms with Crippen LogP contribution in [0.3, 0.4) is 0 Å². The molecule has 1 rings (SSSR count). The Morgan fingerprint density at radius 3 is 2.71 bits per heavy atom. The van der Waals surface area contributed by atoms with Crippen LogP contribution >= 0.6 is 11.3 Å². The van der Waals surface area contributed by atoms with Crippen LogP contribution in [-0.4, -0.2) is 22.1 Å². The molecular weight excluding hydrogens is 236 g/mol. The SMILES string of the molecule is CCC(CC)C(C)Nc1nc(CC(=O)O)cs1. The van der Waals surface area contributed by atoms with E-state index in [4.69, 9.17) is 5.11 Å². The number of anilines is 1. The Morgan fingerprint density at radius 1 is 1.53 bits per heavy atom. The van der Waals surface area contributed by atoms with E-state index in [2.05, 4.69) is 31.1 Å². The van der Waals surface area contributed by atoms with Crippen molar-refractivity contribution in [2.24, 2.45) is 5.92 Å². The number of carboxylic acid groups (broad SMARTS) is 1. The Kier molecular flexibility index (Phi) is 5.41. The molecule has 17 heavy (non-hydrogen) atoms. The highest BCUT2D eigenvalue weighted by atomic mass is 32.1.